The highest BCUT2D eigenvalue weighted by atomic mass is 35.5. The molecule has 2 rings (SSSR count). The van der Waals surface area contributed by atoms with Crippen LogP contribution in [0.2, 0.25) is 10.0 Å². The molecule has 1 N–H and O–H groups in total. The van der Waals surface area contributed by atoms with Gasteiger partial charge in [-0.25, -0.2) is 4.98 Å². The van der Waals surface area contributed by atoms with Crippen LogP contribution < -0.4 is 5.32 Å². The predicted molar refractivity (Wildman–Crippen MR) is 69.0 cm³/mol. The Hall–Kier alpha value is -1.46. The summed E-state index contributed by atoms with van der Waals surface area (Å²) in [7, 11) is 0. The molecule has 0 aliphatic carbocycles. The molecule has 0 saturated heterocycles. The first kappa shape index (κ1) is 14.0. The monoisotopic (exact) mass is 306 g/mol. The van der Waals surface area contributed by atoms with Gasteiger partial charge in [0.1, 0.15) is 5.82 Å². The van der Waals surface area contributed by atoms with Gasteiger partial charge in [0.15, 0.2) is 0 Å². The van der Waals surface area contributed by atoms with Crippen molar-refractivity contribution in [2.24, 2.45) is 0 Å². The maximum Gasteiger partial charge on any atom is 0.417 e. The molecule has 1 aromatic carbocycles. The average Bonchev–Trinajstić information content (AvgIpc) is 2.33. The summed E-state index contributed by atoms with van der Waals surface area (Å²) >= 11 is 11.5. The minimum Gasteiger partial charge on any atom is -0.339 e. The van der Waals surface area contributed by atoms with Crippen molar-refractivity contribution in [3.8, 4) is 0 Å². The number of hydrogen-bond donors (Lipinski definition) is 1. The number of nitrogens with one attached hydrogen (secondary N) is 1. The number of benzene rings is 1. The highest BCUT2D eigenvalue weighted by Crippen LogP contribution is 2.33. The number of aromatic nitrogens is 1. The van der Waals surface area contributed by atoms with Gasteiger partial charge in [-0.2, -0.15) is 13.2 Å². The Balaban J connectivity index is 2.24. The Morgan fingerprint density at radius 3 is 2.21 bits per heavy atom. The molecule has 0 atom stereocenters. The van der Waals surface area contributed by atoms with Gasteiger partial charge in [0, 0.05) is 16.9 Å². The van der Waals surface area contributed by atoms with Crippen molar-refractivity contribution in [1.82, 2.24) is 4.98 Å². The molecule has 1 aromatic heterocycles. The molecule has 100 valence electrons. The van der Waals surface area contributed by atoms with Gasteiger partial charge in [0.25, 0.3) is 0 Å². The van der Waals surface area contributed by atoms with Crippen molar-refractivity contribution in [3.63, 3.8) is 0 Å². The van der Waals surface area contributed by atoms with Gasteiger partial charge >= 0.3 is 6.18 Å². The molecule has 0 spiro atoms. The fourth-order valence-electron chi connectivity index (χ4n) is 1.35. The zero-order chi connectivity index (χ0) is 14.0. The smallest absolute Gasteiger partial charge is 0.339 e. The Morgan fingerprint density at radius 1 is 1.05 bits per heavy atom. The standard InChI is InChI=1S/C12H7Cl2F3N2/c13-8-1-3-9(4-2-8)19-11-10(14)5-7(6-18-11)12(15,16)17/h1-6H,(H,18,19). The first-order chi connectivity index (χ1) is 8.86. The molecule has 0 bridgehead atoms. The highest BCUT2D eigenvalue weighted by Gasteiger charge is 2.31. The van der Waals surface area contributed by atoms with Crippen LogP contribution in [0.15, 0.2) is 36.5 Å². The number of hydrogen-bond acceptors (Lipinski definition) is 2. The zero-order valence-corrected chi connectivity index (χ0v) is 10.8. The van der Waals surface area contributed by atoms with E-state index in [1.807, 2.05) is 0 Å². The summed E-state index contributed by atoms with van der Waals surface area (Å²) in [5, 5.41) is 3.26. The molecule has 0 fully saturated rings. The van der Waals surface area contributed by atoms with E-state index in [0.717, 1.165) is 12.3 Å². The van der Waals surface area contributed by atoms with Crippen LogP contribution in [0, 0.1) is 0 Å². The van der Waals surface area contributed by atoms with Gasteiger partial charge in [-0.15, -0.1) is 0 Å². The van der Waals surface area contributed by atoms with Crippen LogP contribution in [0.4, 0.5) is 24.7 Å². The molecule has 0 unspecified atom stereocenters. The van der Waals surface area contributed by atoms with E-state index in [1.54, 1.807) is 24.3 Å². The summed E-state index contributed by atoms with van der Waals surface area (Å²) in [5.41, 5.74) is -0.266. The third-order valence-corrected chi connectivity index (χ3v) is 2.82. The number of rotatable bonds is 2. The quantitative estimate of drug-likeness (QED) is 0.830. The van der Waals surface area contributed by atoms with Crippen LogP contribution in [0.1, 0.15) is 5.56 Å². The van der Waals surface area contributed by atoms with E-state index in [0.29, 0.717) is 10.7 Å². The summed E-state index contributed by atoms with van der Waals surface area (Å²) in [5.74, 6) is 0.150. The predicted octanol–water partition coefficient (Wildman–Crippen LogP) is 5.15. The van der Waals surface area contributed by atoms with E-state index in [1.165, 1.54) is 0 Å². The van der Waals surface area contributed by atoms with Crippen molar-refractivity contribution in [2.75, 3.05) is 5.32 Å². The largest absolute Gasteiger partial charge is 0.417 e. The lowest BCUT2D eigenvalue weighted by molar-refractivity contribution is -0.137. The lowest BCUT2D eigenvalue weighted by Gasteiger charge is -2.10. The second-order valence-corrected chi connectivity index (χ2v) is 4.53. The van der Waals surface area contributed by atoms with Gasteiger partial charge < -0.3 is 5.32 Å². The van der Waals surface area contributed by atoms with Crippen LogP contribution in [-0.2, 0) is 6.18 Å². The Kier molecular flexibility index (Phi) is 3.87. The topological polar surface area (TPSA) is 24.9 Å². The Labute approximate surface area is 117 Å². The third-order valence-electron chi connectivity index (χ3n) is 2.28. The second-order valence-electron chi connectivity index (χ2n) is 3.68. The highest BCUT2D eigenvalue weighted by molar-refractivity contribution is 6.33. The van der Waals surface area contributed by atoms with Crippen molar-refractivity contribution < 1.29 is 13.2 Å². The molecule has 0 amide bonds. The SMILES string of the molecule is FC(F)(F)c1cnc(Nc2ccc(Cl)cc2)c(Cl)c1. The summed E-state index contributed by atoms with van der Waals surface area (Å²) in [4.78, 5) is 3.67. The Bertz CT molecular complexity index is 583. The van der Waals surface area contributed by atoms with Crippen LogP contribution in [-0.4, -0.2) is 4.98 Å². The summed E-state index contributed by atoms with van der Waals surface area (Å²) in [6, 6.07) is 7.44. The molecule has 0 aliphatic rings. The number of halogens is 5. The van der Waals surface area contributed by atoms with Gasteiger partial charge in [-0.1, -0.05) is 23.2 Å². The maximum absolute atomic E-state index is 12.4. The molecule has 19 heavy (non-hydrogen) atoms. The third kappa shape index (κ3) is 3.52. The fourth-order valence-corrected chi connectivity index (χ4v) is 1.69. The minimum atomic E-state index is -4.46. The van der Waals surface area contributed by atoms with Gasteiger partial charge in [0.05, 0.1) is 10.6 Å². The molecular weight excluding hydrogens is 300 g/mol. The van der Waals surface area contributed by atoms with Crippen molar-refractivity contribution in [1.29, 1.82) is 0 Å². The maximum atomic E-state index is 12.4. The van der Waals surface area contributed by atoms with E-state index >= 15 is 0 Å². The molecule has 2 aromatic rings. The number of alkyl halides is 3. The van der Waals surface area contributed by atoms with E-state index < -0.39 is 11.7 Å². The molecule has 0 radical (unpaired) electrons. The molecule has 0 aliphatic heterocycles. The molecule has 1 heterocycles. The average molecular weight is 307 g/mol. The molecule has 0 saturated carbocycles. The van der Waals surface area contributed by atoms with Crippen molar-refractivity contribution >= 4 is 34.7 Å². The van der Waals surface area contributed by atoms with E-state index in [-0.39, 0.29) is 10.8 Å². The molecule has 2 nitrogen and oxygen atoms in total. The Morgan fingerprint density at radius 2 is 1.68 bits per heavy atom. The van der Waals surface area contributed by atoms with Crippen molar-refractivity contribution in [2.45, 2.75) is 6.18 Å². The summed E-state index contributed by atoms with van der Waals surface area (Å²) in [6.45, 7) is 0. The first-order valence-corrected chi connectivity index (χ1v) is 5.87. The van der Waals surface area contributed by atoms with Crippen LogP contribution in [0.5, 0.6) is 0 Å². The van der Waals surface area contributed by atoms with Crippen LogP contribution in [0.3, 0.4) is 0 Å². The minimum absolute atomic E-state index is 0.107. The number of pyridine rings is 1. The van der Waals surface area contributed by atoms with E-state index in [4.69, 9.17) is 23.2 Å². The van der Waals surface area contributed by atoms with Gasteiger partial charge in [-0.3, -0.25) is 0 Å². The summed E-state index contributed by atoms with van der Waals surface area (Å²) < 4.78 is 37.3. The first-order valence-electron chi connectivity index (χ1n) is 5.11. The van der Waals surface area contributed by atoms with Crippen LogP contribution in [0.25, 0.3) is 0 Å². The van der Waals surface area contributed by atoms with E-state index in [9.17, 15) is 13.2 Å². The second kappa shape index (κ2) is 5.27. The summed E-state index contributed by atoms with van der Waals surface area (Å²) in [6.07, 6.45) is -3.74. The lowest BCUT2D eigenvalue weighted by Crippen LogP contribution is -2.06. The normalized spacial score (nSPS) is 11.4. The van der Waals surface area contributed by atoms with Crippen molar-refractivity contribution in [3.05, 3.63) is 52.1 Å². The fraction of sp³-hybridized carbons (Fsp3) is 0.0833. The molecular formula is C12H7Cl2F3N2. The molecule has 7 heteroatoms. The van der Waals surface area contributed by atoms with Gasteiger partial charge in [0.2, 0.25) is 0 Å². The lowest BCUT2D eigenvalue weighted by atomic mass is 10.2. The van der Waals surface area contributed by atoms with E-state index in [2.05, 4.69) is 10.3 Å². The van der Waals surface area contributed by atoms with Gasteiger partial charge in [-0.05, 0) is 30.3 Å². The zero-order valence-electron chi connectivity index (χ0n) is 9.30. The van der Waals surface area contributed by atoms with Crippen LogP contribution >= 0.6 is 23.2 Å². The number of anilines is 2. The number of nitrogens with zero attached hydrogens (tertiary/aromatic N) is 1.